The van der Waals surface area contributed by atoms with Crippen LogP contribution in [0.25, 0.3) is 0 Å². The van der Waals surface area contributed by atoms with E-state index in [1.54, 1.807) is 23.5 Å². The lowest BCUT2D eigenvalue weighted by atomic mass is 9.95. The number of phenols is 1. The molecule has 3 rings (SSSR count). The molecule has 2 aromatic carbocycles. The molecule has 0 spiro atoms. The number of thiophene rings is 1. The van der Waals surface area contributed by atoms with Gasteiger partial charge in [-0.2, -0.15) is 11.3 Å². The van der Waals surface area contributed by atoms with E-state index >= 15 is 0 Å². The summed E-state index contributed by atoms with van der Waals surface area (Å²) < 4.78 is 0. The Kier molecular flexibility index (Phi) is 7.18. The fourth-order valence-corrected chi connectivity index (χ4v) is 4.62. The van der Waals surface area contributed by atoms with Gasteiger partial charge in [-0.15, -0.1) is 0 Å². The van der Waals surface area contributed by atoms with Gasteiger partial charge in [-0.25, -0.2) is 0 Å². The third kappa shape index (κ3) is 5.35. The zero-order valence-electron chi connectivity index (χ0n) is 18.8. The number of rotatable bonds is 10. The first-order valence-corrected chi connectivity index (χ1v) is 11.4. The highest BCUT2D eigenvalue weighted by molar-refractivity contribution is 7.07. The van der Waals surface area contributed by atoms with Crippen LogP contribution in [0.1, 0.15) is 29.2 Å². The number of aromatic hydroxyl groups is 1. The summed E-state index contributed by atoms with van der Waals surface area (Å²) in [5.74, 6) is 0.272. The van der Waals surface area contributed by atoms with Gasteiger partial charge in [0, 0.05) is 18.6 Å². The lowest BCUT2D eigenvalue weighted by Crippen LogP contribution is -2.43. The molecule has 166 valence electrons. The lowest BCUT2D eigenvalue weighted by molar-refractivity contribution is 0.302. The lowest BCUT2D eigenvalue weighted by Gasteiger charge is -2.28. The smallest absolute Gasteiger partial charge is 0.253 e. The Hall–Kier alpha value is -2.64. The van der Waals surface area contributed by atoms with Gasteiger partial charge in [-0.3, -0.25) is 9.59 Å². The normalized spacial score (nSPS) is 13.5. The fourth-order valence-electron chi connectivity index (χ4n) is 3.94. The molecule has 1 heterocycles. The zero-order chi connectivity index (χ0) is 22.7. The number of anilines is 2. The quantitative estimate of drug-likeness (QED) is 0.419. The van der Waals surface area contributed by atoms with E-state index in [4.69, 9.17) is 0 Å². The minimum absolute atomic E-state index is 0.0467. The Labute approximate surface area is 187 Å². The number of hydrogen-bond donors (Lipinski definition) is 3. The molecule has 31 heavy (non-hydrogen) atoms. The number of nitrogens with zero attached hydrogens (tertiary/aromatic N) is 1. The largest absolute Gasteiger partial charge is 0.508 e. The van der Waals surface area contributed by atoms with Crippen LogP contribution >= 0.6 is 11.3 Å². The van der Waals surface area contributed by atoms with Crippen molar-refractivity contribution < 1.29 is 5.11 Å². The number of benzene rings is 1. The summed E-state index contributed by atoms with van der Waals surface area (Å²) in [7, 11) is 4.00. The molecule has 3 N–H and O–H groups in total. The second-order valence-corrected chi connectivity index (χ2v) is 9.33. The number of likely N-dealkylation sites (N-methyl/N-ethyl adjacent to an activating group) is 1. The molecule has 0 saturated carbocycles. The van der Waals surface area contributed by atoms with Crippen molar-refractivity contribution in [3.8, 4) is 5.75 Å². The fraction of sp³-hybridized carbons (Fsp3) is 0.417. The molecular formula is C24H31N3O3S. The third-order valence-electron chi connectivity index (χ3n) is 5.79. The minimum Gasteiger partial charge on any atom is -0.508 e. The van der Waals surface area contributed by atoms with Crippen molar-refractivity contribution in [2.24, 2.45) is 0 Å². The van der Waals surface area contributed by atoms with Gasteiger partial charge < -0.3 is 20.6 Å². The first-order chi connectivity index (χ1) is 14.7. The van der Waals surface area contributed by atoms with Crippen LogP contribution in [-0.4, -0.2) is 42.7 Å². The van der Waals surface area contributed by atoms with Crippen LogP contribution in [0.4, 0.5) is 11.4 Å². The molecule has 2 atom stereocenters. The minimum atomic E-state index is -0.459. The van der Waals surface area contributed by atoms with Gasteiger partial charge >= 0.3 is 0 Å². The maximum Gasteiger partial charge on any atom is 0.253 e. The van der Waals surface area contributed by atoms with Crippen molar-refractivity contribution in [1.82, 2.24) is 4.90 Å². The topological polar surface area (TPSA) is 81.7 Å². The predicted molar refractivity (Wildman–Crippen MR) is 130 cm³/mol. The zero-order valence-corrected chi connectivity index (χ0v) is 19.6. The maximum atomic E-state index is 12.2. The molecule has 7 heteroatoms. The summed E-state index contributed by atoms with van der Waals surface area (Å²) in [5.41, 5.74) is 4.35. The molecule has 0 aliphatic carbocycles. The highest BCUT2D eigenvalue weighted by Crippen LogP contribution is 2.23. The van der Waals surface area contributed by atoms with Gasteiger partial charge in [0.25, 0.3) is 10.9 Å². The first-order valence-electron chi connectivity index (χ1n) is 10.5. The van der Waals surface area contributed by atoms with Gasteiger partial charge in [0.1, 0.15) is 17.1 Å². The van der Waals surface area contributed by atoms with Gasteiger partial charge in [0.2, 0.25) is 0 Å². The van der Waals surface area contributed by atoms with Crippen molar-refractivity contribution in [2.75, 3.05) is 31.3 Å². The molecule has 3 aromatic rings. The first kappa shape index (κ1) is 23.0. The molecule has 6 nitrogen and oxygen atoms in total. The molecule has 0 saturated heterocycles. The standard InChI is InChI=1S/C24H31N3O3S/c1-14-8-19(28)9-15(2)20(14)11-18(27(4)5)12-25-21-22(24(30)23(21)29)26-16(3)10-17-6-7-31-13-17/h6-9,13,16,18,25-26,28H,10-12H2,1-5H3/t16-,18+/m1/s1. The number of nitrogens with one attached hydrogen (secondary N) is 2. The van der Waals surface area contributed by atoms with Crippen LogP contribution in [0.15, 0.2) is 38.5 Å². The summed E-state index contributed by atoms with van der Waals surface area (Å²) in [5, 5.41) is 20.4. The van der Waals surface area contributed by atoms with E-state index in [-0.39, 0.29) is 17.8 Å². The van der Waals surface area contributed by atoms with Crippen molar-refractivity contribution in [2.45, 2.75) is 45.7 Å². The summed E-state index contributed by atoms with van der Waals surface area (Å²) in [4.78, 5) is 26.5. The van der Waals surface area contributed by atoms with E-state index in [9.17, 15) is 14.7 Å². The van der Waals surface area contributed by atoms with Crippen LogP contribution in [0, 0.1) is 13.8 Å². The molecule has 0 bridgehead atoms. The average molecular weight is 442 g/mol. The van der Waals surface area contributed by atoms with Crippen LogP contribution in [0.5, 0.6) is 5.75 Å². The molecule has 0 radical (unpaired) electrons. The third-order valence-corrected chi connectivity index (χ3v) is 6.52. The Bertz CT molecular complexity index is 1080. The highest BCUT2D eigenvalue weighted by atomic mass is 32.1. The van der Waals surface area contributed by atoms with Gasteiger partial charge in [-0.05, 0) is 98.9 Å². The Morgan fingerprint density at radius 3 is 2.29 bits per heavy atom. The number of phenolic OH excluding ortho intramolecular Hbond substituents is 1. The molecule has 0 aliphatic rings. The second-order valence-electron chi connectivity index (χ2n) is 8.55. The molecular weight excluding hydrogens is 410 g/mol. The highest BCUT2D eigenvalue weighted by Gasteiger charge is 2.24. The Balaban J connectivity index is 1.68. The van der Waals surface area contributed by atoms with Gasteiger partial charge in [-0.1, -0.05) is 0 Å². The van der Waals surface area contributed by atoms with Crippen molar-refractivity contribution >= 4 is 22.7 Å². The van der Waals surface area contributed by atoms with E-state index in [1.165, 1.54) is 11.1 Å². The van der Waals surface area contributed by atoms with E-state index in [0.29, 0.717) is 17.9 Å². The van der Waals surface area contributed by atoms with Crippen molar-refractivity contribution in [3.05, 3.63) is 71.7 Å². The van der Waals surface area contributed by atoms with E-state index in [0.717, 1.165) is 24.0 Å². The summed E-state index contributed by atoms with van der Waals surface area (Å²) in [6, 6.07) is 5.78. The Morgan fingerprint density at radius 2 is 1.71 bits per heavy atom. The molecule has 0 fully saturated rings. The van der Waals surface area contributed by atoms with Crippen molar-refractivity contribution in [1.29, 1.82) is 0 Å². The van der Waals surface area contributed by atoms with E-state index in [1.807, 2.05) is 40.2 Å². The number of aryl methyl sites for hydroxylation is 2. The van der Waals surface area contributed by atoms with E-state index in [2.05, 4.69) is 27.0 Å². The van der Waals surface area contributed by atoms with Crippen LogP contribution in [-0.2, 0) is 12.8 Å². The van der Waals surface area contributed by atoms with Gasteiger partial charge in [0.15, 0.2) is 0 Å². The average Bonchev–Trinajstić information content (AvgIpc) is 3.20. The van der Waals surface area contributed by atoms with Crippen LogP contribution in [0.3, 0.4) is 0 Å². The second kappa shape index (κ2) is 9.66. The van der Waals surface area contributed by atoms with E-state index < -0.39 is 10.9 Å². The predicted octanol–water partition coefficient (Wildman–Crippen LogP) is 3.29. The molecule has 0 aliphatic heterocycles. The van der Waals surface area contributed by atoms with Crippen LogP contribution < -0.4 is 21.5 Å². The van der Waals surface area contributed by atoms with Gasteiger partial charge in [0.05, 0.1) is 0 Å². The number of hydrogen-bond acceptors (Lipinski definition) is 7. The molecule has 1 aromatic heterocycles. The SMILES string of the molecule is Cc1cc(O)cc(C)c1C[C@@H](CNc1c(N[C@H](C)Cc2ccsc2)c(=O)c1=O)N(C)C. The molecule has 0 unspecified atom stereocenters. The summed E-state index contributed by atoms with van der Waals surface area (Å²) in [6.45, 7) is 6.54. The summed E-state index contributed by atoms with van der Waals surface area (Å²) in [6.07, 6.45) is 1.56. The maximum absolute atomic E-state index is 12.2. The Morgan fingerprint density at radius 1 is 1.06 bits per heavy atom. The monoisotopic (exact) mass is 441 g/mol. The van der Waals surface area contributed by atoms with Crippen molar-refractivity contribution in [3.63, 3.8) is 0 Å². The van der Waals surface area contributed by atoms with Crippen LogP contribution in [0.2, 0.25) is 0 Å². The molecule has 0 amide bonds. The summed E-state index contributed by atoms with van der Waals surface area (Å²) >= 11 is 1.65.